The van der Waals surface area contributed by atoms with Gasteiger partial charge in [0.25, 0.3) is 0 Å². The molecule has 8 heteroatoms. The van der Waals surface area contributed by atoms with Crippen LogP contribution in [0.25, 0.3) is 0 Å². The smallest absolute Gasteiger partial charge is 0.241 e. The third-order valence-electron chi connectivity index (χ3n) is 3.03. The molecule has 22 heavy (non-hydrogen) atoms. The third kappa shape index (κ3) is 4.10. The summed E-state index contributed by atoms with van der Waals surface area (Å²) in [6.07, 6.45) is 1.32. The summed E-state index contributed by atoms with van der Waals surface area (Å²) in [5.74, 6) is 0.645. The van der Waals surface area contributed by atoms with Crippen LogP contribution in [0.15, 0.2) is 41.4 Å². The minimum Gasteiger partial charge on any atom is -0.355 e. The Bertz CT molecular complexity index is 744. The van der Waals surface area contributed by atoms with Crippen molar-refractivity contribution in [1.82, 2.24) is 9.71 Å². The van der Waals surface area contributed by atoms with Gasteiger partial charge in [0, 0.05) is 29.8 Å². The van der Waals surface area contributed by atoms with E-state index in [2.05, 4.69) is 9.71 Å². The molecule has 0 aliphatic carbocycles. The zero-order valence-corrected chi connectivity index (χ0v) is 14.4. The maximum Gasteiger partial charge on any atom is 0.241 e. The van der Waals surface area contributed by atoms with Crippen LogP contribution in [-0.2, 0) is 16.6 Å². The summed E-state index contributed by atoms with van der Waals surface area (Å²) in [7, 11) is -0.267. The number of nitrogens with one attached hydrogen (secondary N) is 1. The number of rotatable bonds is 5. The van der Waals surface area contributed by atoms with Crippen LogP contribution >= 0.6 is 23.2 Å². The quantitative estimate of drug-likeness (QED) is 0.891. The Morgan fingerprint density at radius 2 is 1.82 bits per heavy atom. The molecule has 0 aliphatic rings. The second-order valence-corrected chi connectivity index (χ2v) is 7.45. The van der Waals surface area contributed by atoms with E-state index >= 15 is 0 Å². The average molecular weight is 360 g/mol. The Morgan fingerprint density at radius 1 is 1.18 bits per heavy atom. The molecule has 1 N–H and O–H groups in total. The molecule has 0 saturated carbocycles. The van der Waals surface area contributed by atoms with Crippen LogP contribution < -0.4 is 9.62 Å². The first-order chi connectivity index (χ1) is 10.3. The molecule has 0 saturated heterocycles. The van der Waals surface area contributed by atoms with E-state index in [0.29, 0.717) is 22.4 Å². The SMILES string of the molecule is CNS(=O)(=O)c1ccc(N(C)Cc2cc(Cl)cc(Cl)c2)nc1. The number of aromatic nitrogens is 1. The highest BCUT2D eigenvalue weighted by Crippen LogP contribution is 2.21. The molecule has 2 rings (SSSR count). The van der Waals surface area contributed by atoms with Gasteiger partial charge in [-0.05, 0) is 42.9 Å². The number of anilines is 1. The predicted octanol–water partition coefficient (Wildman–Crippen LogP) is 2.93. The maximum atomic E-state index is 11.7. The Hall–Kier alpha value is -1.34. The Morgan fingerprint density at radius 3 is 2.32 bits per heavy atom. The Balaban J connectivity index is 2.18. The van der Waals surface area contributed by atoms with Crippen molar-refractivity contribution in [2.24, 2.45) is 0 Å². The molecule has 118 valence electrons. The van der Waals surface area contributed by atoms with Crippen LogP contribution in [0.3, 0.4) is 0 Å². The summed E-state index contributed by atoms with van der Waals surface area (Å²) in [5, 5.41) is 1.14. The second-order valence-electron chi connectivity index (χ2n) is 4.69. The van der Waals surface area contributed by atoms with Gasteiger partial charge in [-0.25, -0.2) is 18.1 Å². The fourth-order valence-corrected chi connectivity index (χ4v) is 3.18. The molecule has 1 aromatic heterocycles. The van der Waals surface area contributed by atoms with Gasteiger partial charge in [0.2, 0.25) is 10.0 Å². The van der Waals surface area contributed by atoms with E-state index in [9.17, 15) is 8.42 Å². The van der Waals surface area contributed by atoms with Crippen LogP contribution in [0.4, 0.5) is 5.82 Å². The van der Waals surface area contributed by atoms with Crippen LogP contribution in [0, 0.1) is 0 Å². The van der Waals surface area contributed by atoms with Crippen LogP contribution in [-0.4, -0.2) is 27.5 Å². The van der Waals surface area contributed by atoms with Gasteiger partial charge < -0.3 is 4.90 Å². The fourth-order valence-electron chi connectivity index (χ4n) is 1.93. The molecule has 0 amide bonds. The van der Waals surface area contributed by atoms with E-state index in [0.717, 1.165) is 5.56 Å². The zero-order chi connectivity index (χ0) is 16.3. The molecule has 0 aliphatic heterocycles. The van der Waals surface area contributed by atoms with Gasteiger partial charge in [0.05, 0.1) is 0 Å². The van der Waals surface area contributed by atoms with E-state index in [1.165, 1.54) is 19.3 Å². The molecule has 0 radical (unpaired) electrons. The lowest BCUT2D eigenvalue weighted by atomic mass is 10.2. The summed E-state index contributed by atoms with van der Waals surface area (Å²) in [6.45, 7) is 0.547. The van der Waals surface area contributed by atoms with Crippen molar-refractivity contribution < 1.29 is 8.42 Å². The van der Waals surface area contributed by atoms with E-state index in [1.807, 2.05) is 24.1 Å². The maximum absolute atomic E-state index is 11.7. The number of hydrogen-bond acceptors (Lipinski definition) is 4. The Labute approximate surface area is 139 Å². The van der Waals surface area contributed by atoms with Crippen molar-refractivity contribution in [3.8, 4) is 0 Å². The number of nitrogens with zero attached hydrogens (tertiary/aromatic N) is 2. The van der Waals surface area contributed by atoms with Crippen molar-refractivity contribution >= 4 is 39.0 Å². The zero-order valence-electron chi connectivity index (χ0n) is 12.0. The molecule has 0 bridgehead atoms. The van der Waals surface area contributed by atoms with Crippen molar-refractivity contribution in [2.45, 2.75) is 11.4 Å². The predicted molar refractivity (Wildman–Crippen MR) is 89.1 cm³/mol. The number of hydrogen-bond donors (Lipinski definition) is 1. The van der Waals surface area contributed by atoms with E-state index in [1.54, 1.807) is 12.1 Å². The first-order valence-corrected chi connectivity index (χ1v) is 8.61. The van der Waals surface area contributed by atoms with Gasteiger partial charge in [-0.15, -0.1) is 0 Å². The molecule has 1 aromatic carbocycles. The largest absolute Gasteiger partial charge is 0.355 e. The van der Waals surface area contributed by atoms with Crippen LogP contribution in [0.2, 0.25) is 10.0 Å². The number of sulfonamides is 1. The molecule has 0 atom stereocenters. The first kappa shape index (κ1) is 17.0. The van der Waals surface area contributed by atoms with E-state index < -0.39 is 10.0 Å². The lowest BCUT2D eigenvalue weighted by molar-refractivity contribution is 0.588. The normalized spacial score (nSPS) is 11.5. The van der Waals surface area contributed by atoms with Crippen molar-refractivity contribution in [3.05, 3.63) is 52.1 Å². The third-order valence-corrected chi connectivity index (χ3v) is 4.87. The van der Waals surface area contributed by atoms with E-state index in [-0.39, 0.29) is 4.90 Å². The van der Waals surface area contributed by atoms with Crippen molar-refractivity contribution in [3.63, 3.8) is 0 Å². The minimum absolute atomic E-state index is 0.123. The lowest BCUT2D eigenvalue weighted by Gasteiger charge is -2.18. The van der Waals surface area contributed by atoms with Crippen LogP contribution in [0.5, 0.6) is 0 Å². The molecule has 2 aromatic rings. The molecule has 0 fully saturated rings. The number of pyridine rings is 1. The summed E-state index contributed by atoms with van der Waals surface area (Å²) in [5.41, 5.74) is 0.939. The van der Waals surface area contributed by atoms with Gasteiger partial charge in [-0.2, -0.15) is 0 Å². The lowest BCUT2D eigenvalue weighted by Crippen LogP contribution is -2.20. The first-order valence-electron chi connectivity index (χ1n) is 6.37. The summed E-state index contributed by atoms with van der Waals surface area (Å²) in [6, 6.07) is 8.47. The summed E-state index contributed by atoms with van der Waals surface area (Å²) < 4.78 is 25.6. The minimum atomic E-state index is -3.48. The highest BCUT2D eigenvalue weighted by Gasteiger charge is 2.12. The Kier molecular flexibility index (Phi) is 5.28. The van der Waals surface area contributed by atoms with Gasteiger partial charge in [0.1, 0.15) is 10.7 Å². The summed E-state index contributed by atoms with van der Waals surface area (Å²) in [4.78, 5) is 6.17. The topological polar surface area (TPSA) is 62.3 Å². The van der Waals surface area contributed by atoms with Gasteiger partial charge in [0.15, 0.2) is 0 Å². The molecule has 1 heterocycles. The molecular formula is C14H15Cl2N3O2S. The molecule has 0 unspecified atom stereocenters. The fraction of sp³-hybridized carbons (Fsp3) is 0.214. The van der Waals surface area contributed by atoms with Gasteiger partial charge in [-0.1, -0.05) is 23.2 Å². The van der Waals surface area contributed by atoms with Crippen LogP contribution in [0.1, 0.15) is 5.56 Å². The summed E-state index contributed by atoms with van der Waals surface area (Å²) >= 11 is 11.9. The highest BCUT2D eigenvalue weighted by molar-refractivity contribution is 7.89. The highest BCUT2D eigenvalue weighted by atomic mass is 35.5. The van der Waals surface area contributed by atoms with Crippen molar-refractivity contribution in [1.29, 1.82) is 0 Å². The number of halogens is 2. The van der Waals surface area contributed by atoms with Gasteiger partial charge >= 0.3 is 0 Å². The average Bonchev–Trinajstić information content (AvgIpc) is 2.46. The van der Waals surface area contributed by atoms with E-state index in [4.69, 9.17) is 23.2 Å². The monoisotopic (exact) mass is 359 g/mol. The molecular weight excluding hydrogens is 345 g/mol. The van der Waals surface area contributed by atoms with Gasteiger partial charge in [-0.3, -0.25) is 0 Å². The standard InChI is InChI=1S/C14H15Cl2N3O2S/c1-17-22(20,21)13-3-4-14(18-8-13)19(2)9-10-5-11(15)7-12(16)6-10/h3-8,17H,9H2,1-2H3. The molecule has 0 spiro atoms. The number of benzene rings is 1. The molecule has 5 nitrogen and oxygen atoms in total. The second kappa shape index (κ2) is 6.83. The van der Waals surface area contributed by atoms with Crippen molar-refractivity contribution in [2.75, 3.05) is 19.0 Å².